The van der Waals surface area contributed by atoms with E-state index in [1.54, 1.807) is 0 Å². The second-order valence-corrected chi connectivity index (χ2v) is 8.31. The van der Waals surface area contributed by atoms with Crippen LogP contribution in [0.4, 0.5) is 0 Å². The third kappa shape index (κ3) is 7.18. The molecule has 2 aromatic rings. The Morgan fingerprint density at radius 1 is 1.15 bits per heavy atom. The van der Waals surface area contributed by atoms with Crippen molar-refractivity contribution >= 4 is 20.8 Å². The molecule has 0 aromatic heterocycles. The molecule has 0 bridgehead atoms. The predicted octanol–water partition coefficient (Wildman–Crippen LogP) is 3.77. The van der Waals surface area contributed by atoms with Gasteiger partial charge < -0.3 is 5.32 Å². The van der Waals surface area contributed by atoms with Gasteiger partial charge in [0.05, 0.1) is 5.75 Å². The van der Waals surface area contributed by atoms with E-state index in [9.17, 15) is 8.42 Å². The summed E-state index contributed by atoms with van der Waals surface area (Å²) in [6, 6.07) is 15.0. The Balaban J connectivity index is 1.75. The third-order valence-electron chi connectivity index (χ3n) is 4.18. The maximum atomic E-state index is 11.5. The average molecular weight is 385 g/mol. The summed E-state index contributed by atoms with van der Waals surface area (Å²) in [7, 11) is -3.13. The minimum absolute atomic E-state index is 0.168. The van der Waals surface area contributed by atoms with Gasteiger partial charge in [0.25, 0.3) is 0 Å². The standard InChI is InChI=1S/C22H28N2O2S/c1-3-18-27(25,26)24-17-10-6-4-5-9-16-23-19(2)21-15-11-13-20-12-7-8-14-22(20)21/h5,7-9,11-15,19,23-24H,3,10,16-18H2,1-2H3/t19-/m1/s1. The van der Waals surface area contributed by atoms with E-state index in [1.165, 1.54) is 16.3 Å². The first kappa shape index (κ1) is 21.2. The van der Waals surface area contributed by atoms with E-state index in [4.69, 9.17) is 0 Å². The summed E-state index contributed by atoms with van der Waals surface area (Å²) < 4.78 is 25.5. The molecule has 1 atom stereocenters. The lowest BCUT2D eigenvalue weighted by Crippen LogP contribution is -2.26. The van der Waals surface area contributed by atoms with E-state index >= 15 is 0 Å². The third-order valence-corrected chi connectivity index (χ3v) is 5.77. The Kier molecular flexibility index (Phi) is 8.53. The highest BCUT2D eigenvalue weighted by Gasteiger charge is 2.07. The summed E-state index contributed by atoms with van der Waals surface area (Å²) in [5, 5.41) is 6.00. The minimum Gasteiger partial charge on any atom is -0.307 e. The largest absolute Gasteiger partial charge is 0.307 e. The van der Waals surface area contributed by atoms with Gasteiger partial charge in [-0.1, -0.05) is 67.3 Å². The van der Waals surface area contributed by atoms with Gasteiger partial charge in [-0.05, 0) is 35.8 Å². The quantitative estimate of drug-likeness (QED) is 0.511. The van der Waals surface area contributed by atoms with Crippen LogP contribution in [-0.4, -0.2) is 27.3 Å². The normalized spacial score (nSPS) is 12.8. The molecule has 5 heteroatoms. The van der Waals surface area contributed by atoms with Crippen LogP contribution in [0.25, 0.3) is 10.8 Å². The molecule has 2 rings (SSSR count). The van der Waals surface area contributed by atoms with Gasteiger partial charge in [-0.3, -0.25) is 0 Å². The van der Waals surface area contributed by atoms with Gasteiger partial charge in [-0.15, -0.1) is 0 Å². The topological polar surface area (TPSA) is 58.2 Å². The number of benzene rings is 2. The van der Waals surface area contributed by atoms with Gasteiger partial charge in [-0.25, -0.2) is 13.1 Å². The van der Waals surface area contributed by atoms with Gasteiger partial charge in [-0.2, -0.15) is 0 Å². The van der Waals surface area contributed by atoms with Crippen molar-refractivity contribution < 1.29 is 8.42 Å². The fourth-order valence-electron chi connectivity index (χ4n) is 2.84. The van der Waals surface area contributed by atoms with E-state index in [0.29, 0.717) is 19.4 Å². The first-order valence-electron chi connectivity index (χ1n) is 9.35. The fraction of sp³-hybridized carbons (Fsp3) is 0.364. The number of rotatable bonds is 9. The minimum atomic E-state index is -3.13. The van der Waals surface area contributed by atoms with E-state index in [-0.39, 0.29) is 11.8 Å². The van der Waals surface area contributed by atoms with Crippen molar-refractivity contribution in [1.29, 1.82) is 0 Å². The number of fused-ring (bicyclic) bond motifs is 1. The SMILES string of the molecule is CCCS(=O)(=O)NCCC#CC=CCN[C@H](C)c1cccc2ccccc12. The lowest BCUT2D eigenvalue weighted by atomic mass is 10.00. The maximum Gasteiger partial charge on any atom is 0.211 e. The van der Waals surface area contributed by atoms with Crippen LogP contribution >= 0.6 is 0 Å². The summed E-state index contributed by atoms with van der Waals surface area (Å²) in [5.41, 5.74) is 1.28. The van der Waals surface area contributed by atoms with Crippen LogP contribution in [0.3, 0.4) is 0 Å². The molecule has 2 aromatic carbocycles. The van der Waals surface area contributed by atoms with Crippen LogP contribution in [0.5, 0.6) is 0 Å². The Bertz CT molecular complexity index is 919. The molecule has 0 amide bonds. The van der Waals surface area contributed by atoms with Gasteiger partial charge in [0.15, 0.2) is 0 Å². The van der Waals surface area contributed by atoms with Crippen molar-refractivity contribution in [3.8, 4) is 11.8 Å². The van der Waals surface area contributed by atoms with Crippen molar-refractivity contribution in [2.24, 2.45) is 0 Å². The molecule has 0 unspecified atom stereocenters. The van der Waals surface area contributed by atoms with Crippen LogP contribution in [-0.2, 0) is 10.0 Å². The van der Waals surface area contributed by atoms with E-state index in [1.807, 2.05) is 19.1 Å². The molecule has 0 fully saturated rings. The summed E-state index contributed by atoms with van der Waals surface area (Å²) in [5.74, 6) is 6.06. The Morgan fingerprint density at radius 3 is 2.74 bits per heavy atom. The molecule has 0 saturated heterocycles. The van der Waals surface area contributed by atoms with Crippen molar-refractivity contribution in [2.45, 2.75) is 32.7 Å². The molecule has 0 aliphatic heterocycles. The number of sulfonamides is 1. The fourth-order valence-corrected chi connectivity index (χ4v) is 3.94. The highest BCUT2D eigenvalue weighted by molar-refractivity contribution is 7.89. The van der Waals surface area contributed by atoms with E-state index < -0.39 is 10.0 Å². The van der Waals surface area contributed by atoms with Crippen molar-refractivity contribution in [3.05, 3.63) is 60.2 Å². The second-order valence-electron chi connectivity index (χ2n) is 6.39. The molecule has 0 aliphatic carbocycles. The van der Waals surface area contributed by atoms with Crippen LogP contribution in [0, 0.1) is 11.8 Å². The Labute approximate surface area is 163 Å². The number of nitrogens with one attached hydrogen (secondary N) is 2. The lowest BCUT2D eigenvalue weighted by Gasteiger charge is -2.15. The van der Waals surface area contributed by atoms with Crippen LogP contribution < -0.4 is 10.0 Å². The van der Waals surface area contributed by atoms with Crippen molar-refractivity contribution in [3.63, 3.8) is 0 Å². The van der Waals surface area contributed by atoms with Crippen molar-refractivity contribution in [1.82, 2.24) is 10.0 Å². The summed E-state index contributed by atoms with van der Waals surface area (Å²) in [4.78, 5) is 0. The Morgan fingerprint density at radius 2 is 1.93 bits per heavy atom. The van der Waals surface area contributed by atoms with Gasteiger partial charge in [0, 0.05) is 25.6 Å². The second kappa shape index (κ2) is 10.9. The zero-order valence-electron chi connectivity index (χ0n) is 16.0. The highest BCUT2D eigenvalue weighted by Crippen LogP contribution is 2.23. The molecular formula is C22H28N2O2S. The van der Waals surface area contributed by atoms with Gasteiger partial charge >= 0.3 is 0 Å². The number of hydrogen-bond donors (Lipinski definition) is 2. The molecule has 0 spiro atoms. The summed E-state index contributed by atoms with van der Waals surface area (Å²) in [6.07, 6.45) is 4.92. The first-order valence-corrected chi connectivity index (χ1v) is 11.0. The highest BCUT2D eigenvalue weighted by atomic mass is 32.2. The van der Waals surface area contributed by atoms with Crippen molar-refractivity contribution in [2.75, 3.05) is 18.8 Å². The monoisotopic (exact) mass is 384 g/mol. The molecule has 0 saturated carbocycles. The van der Waals surface area contributed by atoms with Gasteiger partial charge in [0.2, 0.25) is 10.0 Å². The lowest BCUT2D eigenvalue weighted by molar-refractivity contribution is 0.581. The summed E-state index contributed by atoms with van der Waals surface area (Å²) >= 11 is 0. The molecular weight excluding hydrogens is 356 g/mol. The zero-order valence-corrected chi connectivity index (χ0v) is 16.9. The van der Waals surface area contributed by atoms with Gasteiger partial charge in [0.1, 0.15) is 0 Å². The van der Waals surface area contributed by atoms with E-state index in [2.05, 4.69) is 71.3 Å². The number of hydrogen-bond acceptors (Lipinski definition) is 3. The smallest absolute Gasteiger partial charge is 0.211 e. The molecule has 2 N–H and O–H groups in total. The predicted molar refractivity (Wildman–Crippen MR) is 114 cm³/mol. The zero-order chi connectivity index (χ0) is 19.5. The molecule has 0 heterocycles. The molecule has 0 radical (unpaired) electrons. The molecule has 27 heavy (non-hydrogen) atoms. The average Bonchev–Trinajstić information content (AvgIpc) is 2.66. The molecule has 144 valence electrons. The van der Waals surface area contributed by atoms with Crippen LogP contribution in [0.2, 0.25) is 0 Å². The van der Waals surface area contributed by atoms with Crippen LogP contribution in [0.1, 0.15) is 38.3 Å². The molecule has 0 aliphatic rings. The Hall–Kier alpha value is -2.13. The number of allylic oxidation sites excluding steroid dienone is 1. The summed E-state index contributed by atoms with van der Waals surface area (Å²) in [6.45, 7) is 5.09. The van der Waals surface area contributed by atoms with Crippen LogP contribution in [0.15, 0.2) is 54.6 Å². The van der Waals surface area contributed by atoms with E-state index in [0.717, 1.165) is 6.54 Å². The maximum absolute atomic E-state index is 11.5. The first-order chi connectivity index (χ1) is 13.0. The molecule has 4 nitrogen and oxygen atoms in total.